The number of hydrogen-bond donors (Lipinski definition) is 1. The smallest absolute Gasteiger partial charge is 0.239 e. The van der Waals surface area contributed by atoms with Crippen LogP contribution in [0.3, 0.4) is 0 Å². The van der Waals surface area contributed by atoms with Crippen LogP contribution >= 0.6 is 0 Å². The van der Waals surface area contributed by atoms with E-state index in [0.717, 1.165) is 51.6 Å². The predicted octanol–water partition coefficient (Wildman–Crippen LogP) is 2.99. The summed E-state index contributed by atoms with van der Waals surface area (Å²) >= 11 is 0. The van der Waals surface area contributed by atoms with E-state index in [1.54, 1.807) is 0 Å². The van der Waals surface area contributed by atoms with Crippen LogP contribution in [0.15, 0.2) is 30.3 Å². The molecule has 0 aromatic heterocycles. The molecule has 21 heavy (non-hydrogen) atoms. The third-order valence-electron chi connectivity index (χ3n) is 4.48. The number of hydrogen-bond acceptors (Lipinski definition) is 2. The average molecular weight is 288 g/mol. The lowest BCUT2D eigenvalue weighted by atomic mass is 9.90. The first-order valence-electron chi connectivity index (χ1n) is 8.29. The van der Waals surface area contributed by atoms with Gasteiger partial charge in [0.05, 0.1) is 6.04 Å². The molecule has 1 aliphatic heterocycles. The Balaban J connectivity index is 1.76. The number of carbonyl (C=O) groups excluding carboxylic acids is 1. The summed E-state index contributed by atoms with van der Waals surface area (Å²) in [6.07, 6.45) is 6.28. The van der Waals surface area contributed by atoms with Crippen LogP contribution in [0.4, 0.5) is 0 Å². The average Bonchev–Trinajstić information content (AvgIpc) is 2.53. The number of unbranched alkanes of at least 4 members (excludes halogenated alkanes) is 1. The summed E-state index contributed by atoms with van der Waals surface area (Å²) in [6, 6.07) is 10.3. The molecule has 1 aliphatic rings. The maximum absolute atomic E-state index is 12.3. The molecule has 0 bridgehead atoms. The number of piperidine rings is 1. The molecule has 2 rings (SSSR count). The molecule has 1 atom stereocenters. The number of amides is 1. The second kappa shape index (κ2) is 8.18. The third-order valence-corrected chi connectivity index (χ3v) is 4.48. The van der Waals surface area contributed by atoms with Crippen molar-refractivity contribution in [2.45, 2.75) is 51.5 Å². The number of carbonyl (C=O) groups is 1. The van der Waals surface area contributed by atoms with E-state index in [-0.39, 0.29) is 11.9 Å². The van der Waals surface area contributed by atoms with Gasteiger partial charge in [-0.15, -0.1) is 0 Å². The van der Waals surface area contributed by atoms with Crippen LogP contribution in [0.1, 0.15) is 44.6 Å². The minimum absolute atomic E-state index is 0.154. The maximum atomic E-state index is 12.3. The molecule has 1 amide bonds. The number of rotatable bonds is 6. The molecule has 0 radical (unpaired) electrons. The van der Waals surface area contributed by atoms with Gasteiger partial charge in [0.1, 0.15) is 0 Å². The first-order chi connectivity index (χ1) is 10.2. The van der Waals surface area contributed by atoms with E-state index in [2.05, 4.69) is 37.3 Å². The number of nitrogens with two attached hydrogens (primary N) is 1. The van der Waals surface area contributed by atoms with Gasteiger partial charge in [0.25, 0.3) is 0 Å². The summed E-state index contributed by atoms with van der Waals surface area (Å²) in [5, 5.41) is 0. The lowest BCUT2D eigenvalue weighted by Gasteiger charge is -2.33. The van der Waals surface area contributed by atoms with Crippen LogP contribution in [0.5, 0.6) is 0 Å². The molecule has 3 nitrogen and oxygen atoms in total. The quantitative estimate of drug-likeness (QED) is 0.874. The lowest BCUT2D eigenvalue weighted by molar-refractivity contribution is -0.134. The molecule has 0 spiro atoms. The number of nitrogens with zero attached hydrogens (tertiary/aromatic N) is 1. The summed E-state index contributed by atoms with van der Waals surface area (Å²) in [7, 11) is 0. The van der Waals surface area contributed by atoms with E-state index in [1.165, 1.54) is 5.56 Å². The Kier molecular flexibility index (Phi) is 6.24. The van der Waals surface area contributed by atoms with E-state index in [1.807, 2.05) is 4.90 Å². The zero-order valence-electron chi connectivity index (χ0n) is 13.1. The molecule has 2 N–H and O–H groups in total. The van der Waals surface area contributed by atoms with Gasteiger partial charge in [0.15, 0.2) is 0 Å². The van der Waals surface area contributed by atoms with Crippen LogP contribution < -0.4 is 5.73 Å². The first-order valence-corrected chi connectivity index (χ1v) is 8.29. The van der Waals surface area contributed by atoms with Gasteiger partial charge < -0.3 is 10.6 Å². The third kappa shape index (κ3) is 4.85. The van der Waals surface area contributed by atoms with Gasteiger partial charge in [-0.2, -0.15) is 0 Å². The van der Waals surface area contributed by atoms with Crippen molar-refractivity contribution in [3.8, 4) is 0 Å². The lowest BCUT2D eigenvalue weighted by Crippen LogP contribution is -2.47. The van der Waals surface area contributed by atoms with Gasteiger partial charge in [0.2, 0.25) is 5.91 Å². The van der Waals surface area contributed by atoms with Crippen LogP contribution in [0, 0.1) is 5.92 Å². The van der Waals surface area contributed by atoms with Crippen LogP contribution in [-0.2, 0) is 11.2 Å². The van der Waals surface area contributed by atoms with Crippen molar-refractivity contribution in [3.05, 3.63) is 35.9 Å². The van der Waals surface area contributed by atoms with Crippen molar-refractivity contribution in [1.29, 1.82) is 0 Å². The normalized spacial score (nSPS) is 17.7. The highest BCUT2D eigenvalue weighted by Crippen LogP contribution is 2.22. The summed E-state index contributed by atoms with van der Waals surface area (Å²) in [5.41, 5.74) is 7.41. The summed E-state index contributed by atoms with van der Waals surface area (Å²) in [4.78, 5) is 14.2. The van der Waals surface area contributed by atoms with Crippen molar-refractivity contribution in [2.75, 3.05) is 13.1 Å². The highest BCUT2D eigenvalue weighted by atomic mass is 16.2. The van der Waals surface area contributed by atoms with Crippen molar-refractivity contribution in [1.82, 2.24) is 4.90 Å². The molecule has 1 aromatic rings. The molecule has 116 valence electrons. The monoisotopic (exact) mass is 288 g/mol. The molecule has 1 aromatic carbocycles. The van der Waals surface area contributed by atoms with Crippen molar-refractivity contribution in [2.24, 2.45) is 11.7 Å². The Labute approximate surface area is 128 Å². The zero-order valence-corrected chi connectivity index (χ0v) is 13.1. The Morgan fingerprint density at radius 2 is 1.95 bits per heavy atom. The van der Waals surface area contributed by atoms with Gasteiger partial charge in [0, 0.05) is 13.1 Å². The van der Waals surface area contributed by atoms with E-state index in [9.17, 15) is 4.79 Å². The highest BCUT2D eigenvalue weighted by molar-refractivity contribution is 5.81. The predicted molar refractivity (Wildman–Crippen MR) is 87.0 cm³/mol. The molecule has 1 unspecified atom stereocenters. The van der Waals surface area contributed by atoms with Crippen molar-refractivity contribution >= 4 is 5.91 Å². The first kappa shape index (κ1) is 16.0. The molecule has 1 saturated heterocycles. The van der Waals surface area contributed by atoms with Crippen LogP contribution in [0.2, 0.25) is 0 Å². The standard InChI is InChI=1S/C18H28N2O/c1-2-3-9-17(19)18(21)20-12-10-16(11-13-20)14-15-7-5-4-6-8-15/h4-8,16-17H,2-3,9-14,19H2,1H3. The zero-order chi connectivity index (χ0) is 15.1. The molecule has 1 heterocycles. The molecule has 3 heteroatoms. The largest absolute Gasteiger partial charge is 0.341 e. The van der Waals surface area contributed by atoms with Crippen molar-refractivity contribution < 1.29 is 4.79 Å². The number of benzene rings is 1. The van der Waals surface area contributed by atoms with E-state index < -0.39 is 0 Å². The van der Waals surface area contributed by atoms with Crippen LogP contribution in [0.25, 0.3) is 0 Å². The molecule has 0 aliphatic carbocycles. The van der Waals surface area contributed by atoms with E-state index >= 15 is 0 Å². The highest BCUT2D eigenvalue weighted by Gasteiger charge is 2.25. The molecular formula is C18H28N2O. The van der Waals surface area contributed by atoms with Gasteiger partial charge >= 0.3 is 0 Å². The minimum atomic E-state index is -0.296. The van der Waals surface area contributed by atoms with Gasteiger partial charge in [-0.25, -0.2) is 0 Å². The van der Waals surface area contributed by atoms with Gasteiger partial charge in [-0.3, -0.25) is 4.79 Å². The van der Waals surface area contributed by atoms with E-state index in [0.29, 0.717) is 5.92 Å². The van der Waals surface area contributed by atoms with Crippen LogP contribution in [-0.4, -0.2) is 29.9 Å². The molecule has 1 fully saturated rings. The van der Waals surface area contributed by atoms with Gasteiger partial charge in [-0.05, 0) is 37.2 Å². The molecule has 0 saturated carbocycles. The van der Waals surface area contributed by atoms with Gasteiger partial charge in [-0.1, -0.05) is 50.1 Å². The Morgan fingerprint density at radius 1 is 1.29 bits per heavy atom. The van der Waals surface area contributed by atoms with Crippen molar-refractivity contribution in [3.63, 3.8) is 0 Å². The van der Waals surface area contributed by atoms with E-state index in [4.69, 9.17) is 5.73 Å². The summed E-state index contributed by atoms with van der Waals surface area (Å²) in [5.74, 6) is 0.852. The number of likely N-dealkylation sites (tertiary alicyclic amines) is 1. The Hall–Kier alpha value is -1.35. The fourth-order valence-corrected chi connectivity index (χ4v) is 3.09. The Bertz CT molecular complexity index is 424. The fourth-order valence-electron chi connectivity index (χ4n) is 3.09. The second-order valence-electron chi connectivity index (χ2n) is 6.21. The fraction of sp³-hybridized carbons (Fsp3) is 0.611. The Morgan fingerprint density at radius 3 is 2.57 bits per heavy atom. The summed E-state index contributed by atoms with van der Waals surface area (Å²) < 4.78 is 0. The molecular weight excluding hydrogens is 260 g/mol. The summed E-state index contributed by atoms with van der Waals surface area (Å²) in [6.45, 7) is 3.87. The minimum Gasteiger partial charge on any atom is -0.341 e. The second-order valence-corrected chi connectivity index (χ2v) is 6.21. The topological polar surface area (TPSA) is 46.3 Å². The maximum Gasteiger partial charge on any atom is 0.239 e. The SMILES string of the molecule is CCCCC(N)C(=O)N1CCC(Cc2ccccc2)CC1.